The molecule has 0 atom stereocenters. The molecule has 3 aromatic rings. The molecule has 5 heteroatoms. The monoisotopic (exact) mass is 428 g/mol. The fourth-order valence-electron chi connectivity index (χ4n) is 4.15. The quantitative estimate of drug-likeness (QED) is 0.536. The highest BCUT2D eigenvalue weighted by atomic mass is 16.5. The second-order valence-corrected chi connectivity index (χ2v) is 8.00. The zero-order valence-electron chi connectivity index (χ0n) is 18.6. The zero-order chi connectivity index (χ0) is 22.5. The van der Waals surface area contributed by atoms with Crippen LogP contribution in [0, 0.1) is 6.92 Å². The largest absolute Gasteiger partial charge is 0.462 e. The number of ether oxygens (including phenoxy) is 1. The van der Waals surface area contributed by atoms with Crippen LogP contribution in [0.15, 0.2) is 66.7 Å². The van der Waals surface area contributed by atoms with E-state index in [2.05, 4.69) is 34.5 Å². The summed E-state index contributed by atoms with van der Waals surface area (Å²) in [7, 11) is 0. The second-order valence-electron chi connectivity index (χ2n) is 8.00. The van der Waals surface area contributed by atoms with Crippen molar-refractivity contribution in [2.24, 2.45) is 0 Å². The lowest BCUT2D eigenvalue weighted by Crippen LogP contribution is -2.28. The van der Waals surface area contributed by atoms with Gasteiger partial charge in [-0.2, -0.15) is 0 Å². The Bertz CT molecular complexity index is 1120. The van der Waals surface area contributed by atoms with Gasteiger partial charge in [-0.3, -0.25) is 4.79 Å². The van der Waals surface area contributed by atoms with E-state index in [0.717, 1.165) is 25.9 Å². The fourth-order valence-corrected chi connectivity index (χ4v) is 4.15. The SMILES string of the molecule is CCOC(=O)c1cccc(NC(=O)c2ccc(CN3CCCc4ccccc43)cc2)c1C. The number of carbonyl (C=O) groups is 2. The van der Waals surface area contributed by atoms with Crippen molar-refractivity contribution in [1.29, 1.82) is 0 Å². The molecule has 0 aliphatic carbocycles. The molecular weight excluding hydrogens is 400 g/mol. The second kappa shape index (κ2) is 9.69. The molecule has 4 rings (SSSR count). The van der Waals surface area contributed by atoms with E-state index in [1.165, 1.54) is 16.8 Å². The molecule has 1 heterocycles. The van der Waals surface area contributed by atoms with Gasteiger partial charge in [-0.25, -0.2) is 4.79 Å². The molecule has 0 fully saturated rings. The minimum atomic E-state index is -0.385. The number of fused-ring (bicyclic) bond motifs is 1. The van der Waals surface area contributed by atoms with Gasteiger partial charge in [-0.15, -0.1) is 0 Å². The number of nitrogens with one attached hydrogen (secondary N) is 1. The van der Waals surface area contributed by atoms with Gasteiger partial charge < -0.3 is 15.0 Å². The topological polar surface area (TPSA) is 58.6 Å². The van der Waals surface area contributed by atoms with E-state index in [4.69, 9.17) is 4.74 Å². The highest BCUT2D eigenvalue weighted by Crippen LogP contribution is 2.28. The summed E-state index contributed by atoms with van der Waals surface area (Å²) in [5.41, 5.74) is 6.20. The van der Waals surface area contributed by atoms with Crippen LogP contribution in [-0.2, 0) is 17.7 Å². The third-order valence-electron chi connectivity index (χ3n) is 5.87. The average Bonchev–Trinajstić information content (AvgIpc) is 2.81. The maximum atomic E-state index is 12.8. The molecule has 164 valence electrons. The first kappa shape index (κ1) is 21.6. The van der Waals surface area contributed by atoms with E-state index < -0.39 is 0 Å². The summed E-state index contributed by atoms with van der Waals surface area (Å²) in [5, 5.41) is 2.92. The molecule has 1 aliphatic heterocycles. The Morgan fingerprint density at radius 3 is 2.56 bits per heavy atom. The summed E-state index contributed by atoms with van der Waals surface area (Å²) in [6.07, 6.45) is 2.28. The van der Waals surface area contributed by atoms with Crippen LogP contribution in [0.3, 0.4) is 0 Å². The molecule has 5 nitrogen and oxygen atoms in total. The van der Waals surface area contributed by atoms with Gasteiger partial charge in [0, 0.05) is 30.0 Å². The lowest BCUT2D eigenvalue weighted by atomic mass is 10.0. The average molecular weight is 429 g/mol. The Labute approximate surface area is 189 Å². The Kier molecular flexibility index (Phi) is 6.55. The normalized spacial score (nSPS) is 12.8. The van der Waals surface area contributed by atoms with E-state index in [1.807, 2.05) is 24.3 Å². The summed E-state index contributed by atoms with van der Waals surface area (Å²) in [6, 6.07) is 21.5. The summed E-state index contributed by atoms with van der Waals surface area (Å²) in [6.45, 7) is 5.74. The summed E-state index contributed by atoms with van der Waals surface area (Å²) >= 11 is 0. The van der Waals surface area contributed by atoms with Gasteiger partial charge in [0.1, 0.15) is 0 Å². The molecule has 0 spiro atoms. The third kappa shape index (κ3) is 4.67. The number of esters is 1. The van der Waals surface area contributed by atoms with Crippen LogP contribution in [0.1, 0.15) is 50.8 Å². The number of nitrogens with zero attached hydrogens (tertiary/aromatic N) is 1. The Balaban J connectivity index is 1.45. The lowest BCUT2D eigenvalue weighted by molar-refractivity contribution is 0.0525. The number of anilines is 2. The Morgan fingerprint density at radius 1 is 1.00 bits per heavy atom. The lowest BCUT2D eigenvalue weighted by Gasteiger charge is -2.31. The van der Waals surface area contributed by atoms with Crippen molar-refractivity contribution in [3.63, 3.8) is 0 Å². The molecule has 0 bridgehead atoms. The van der Waals surface area contributed by atoms with Crippen molar-refractivity contribution in [2.45, 2.75) is 33.2 Å². The number of carbonyl (C=O) groups excluding carboxylic acids is 2. The molecule has 0 radical (unpaired) electrons. The molecule has 1 aliphatic rings. The van der Waals surface area contributed by atoms with Crippen LogP contribution in [0.25, 0.3) is 0 Å². The van der Waals surface area contributed by atoms with Crippen molar-refractivity contribution in [3.05, 3.63) is 94.5 Å². The molecular formula is C27H28N2O3. The van der Waals surface area contributed by atoms with Crippen molar-refractivity contribution >= 4 is 23.3 Å². The van der Waals surface area contributed by atoms with Crippen molar-refractivity contribution in [3.8, 4) is 0 Å². The Morgan fingerprint density at radius 2 is 1.78 bits per heavy atom. The number of benzene rings is 3. The Hall–Kier alpha value is -3.60. The molecule has 0 aromatic heterocycles. The van der Waals surface area contributed by atoms with Gasteiger partial charge in [0.15, 0.2) is 0 Å². The van der Waals surface area contributed by atoms with E-state index in [0.29, 0.717) is 29.0 Å². The van der Waals surface area contributed by atoms with Crippen molar-refractivity contribution < 1.29 is 14.3 Å². The predicted octanol–water partition coefficient (Wildman–Crippen LogP) is 5.38. The highest BCUT2D eigenvalue weighted by Gasteiger charge is 2.17. The van der Waals surface area contributed by atoms with E-state index in [9.17, 15) is 9.59 Å². The van der Waals surface area contributed by atoms with E-state index in [-0.39, 0.29) is 11.9 Å². The van der Waals surface area contributed by atoms with Crippen LogP contribution in [0.2, 0.25) is 0 Å². The van der Waals surface area contributed by atoms with E-state index in [1.54, 1.807) is 32.0 Å². The first-order valence-corrected chi connectivity index (χ1v) is 11.1. The smallest absolute Gasteiger partial charge is 0.338 e. The molecule has 1 amide bonds. The molecule has 1 N–H and O–H groups in total. The highest BCUT2D eigenvalue weighted by molar-refractivity contribution is 6.05. The maximum absolute atomic E-state index is 12.8. The van der Waals surface area contributed by atoms with Gasteiger partial charge >= 0.3 is 5.97 Å². The molecule has 0 unspecified atom stereocenters. The van der Waals surface area contributed by atoms with Crippen LogP contribution in [-0.4, -0.2) is 25.0 Å². The number of rotatable bonds is 6. The van der Waals surface area contributed by atoms with Gasteiger partial charge in [-0.05, 0) is 73.7 Å². The fraction of sp³-hybridized carbons (Fsp3) is 0.259. The number of para-hydroxylation sites is 1. The molecule has 32 heavy (non-hydrogen) atoms. The van der Waals surface area contributed by atoms with Gasteiger partial charge in [0.05, 0.1) is 12.2 Å². The van der Waals surface area contributed by atoms with Crippen molar-refractivity contribution in [1.82, 2.24) is 0 Å². The van der Waals surface area contributed by atoms with E-state index >= 15 is 0 Å². The van der Waals surface area contributed by atoms with Crippen LogP contribution in [0.5, 0.6) is 0 Å². The first-order valence-electron chi connectivity index (χ1n) is 11.1. The standard InChI is InChI=1S/C27H28N2O3/c1-3-32-27(31)23-10-6-11-24(19(23)2)28-26(30)22-15-13-20(14-16-22)18-29-17-7-9-21-8-4-5-12-25(21)29/h4-6,8,10-16H,3,7,9,17-18H2,1-2H3,(H,28,30). The molecule has 0 saturated heterocycles. The summed E-state index contributed by atoms with van der Waals surface area (Å²) in [5.74, 6) is -0.589. The zero-order valence-corrected chi connectivity index (χ0v) is 18.6. The third-order valence-corrected chi connectivity index (χ3v) is 5.87. The van der Waals surface area contributed by atoms with Gasteiger partial charge in [0.2, 0.25) is 0 Å². The predicted molar refractivity (Wildman–Crippen MR) is 127 cm³/mol. The number of aryl methyl sites for hydroxylation is 1. The number of hydrogen-bond acceptors (Lipinski definition) is 4. The first-order chi connectivity index (χ1) is 15.6. The van der Waals surface area contributed by atoms with Crippen molar-refractivity contribution in [2.75, 3.05) is 23.4 Å². The molecule has 3 aromatic carbocycles. The van der Waals surface area contributed by atoms with Crippen LogP contribution in [0.4, 0.5) is 11.4 Å². The van der Waals surface area contributed by atoms with Gasteiger partial charge in [-0.1, -0.05) is 36.4 Å². The summed E-state index contributed by atoms with van der Waals surface area (Å²) < 4.78 is 5.10. The van der Waals surface area contributed by atoms with Crippen LogP contribution >= 0.6 is 0 Å². The molecule has 0 saturated carbocycles. The van der Waals surface area contributed by atoms with Gasteiger partial charge in [0.25, 0.3) is 5.91 Å². The minimum Gasteiger partial charge on any atom is -0.462 e. The minimum absolute atomic E-state index is 0.205. The number of hydrogen-bond donors (Lipinski definition) is 1. The maximum Gasteiger partial charge on any atom is 0.338 e. The number of amides is 1. The van der Waals surface area contributed by atoms with Crippen LogP contribution < -0.4 is 10.2 Å². The summed E-state index contributed by atoms with van der Waals surface area (Å²) in [4.78, 5) is 27.3.